The van der Waals surface area contributed by atoms with Gasteiger partial charge < -0.3 is 0 Å². The van der Waals surface area contributed by atoms with Crippen LogP contribution in [0.25, 0.3) is 0 Å². The van der Waals surface area contributed by atoms with Crippen molar-refractivity contribution in [3.05, 3.63) is 71.0 Å². The summed E-state index contributed by atoms with van der Waals surface area (Å²) in [5.41, 5.74) is 3.35. The Morgan fingerprint density at radius 3 is 2.00 bits per heavy atom. The molecular weight excluding hydrogens is 319 g/mol. The Bertz CT molecular complexity index is 791. The van der Waals surface area contributed by atoms with Gasteiger partial charge in [0.25, 0.3) is 0 Å². The third-order valence-electron chi connectivity index (χ3n) is 6.45. The van der Waals surface area contributed by atoms with Crippen molar-refractivity contribution in [3.8, 4) is 11.8 Å². The highest BCUT2D eigenvalue weighted by molar-refractivity contribution is 5.43. The molecule has 1 heteroatoms. The molecule has 4 rings (SSSR count). The zero-order valence-corrected chi connectivity index (χ0v) is 15.5. The lowest BCUT2D eigenvalue weighted by Crippen LogP contribution is -2.29. The average Bonchev–Trinajstić information content (AvgIpc) is 2.67. The van der Waals surface area contributed by atoms with E-state index in [1.165, 1.54) is 56.2 Å². The molecular formula is C25H27F. The van der Waals surface area contributed by atoms with Crippen LogP contribution >= 0.6 is 0 Å². The van der Waals surface area contributed by atoms with E-state index in [0.717, 1.165) is 34.8 Å². The Kier molecular flexibility index (Phi) is 5.11. The minimum absolute atomic E-state index is 0.220. The Labute approximate surface area is 156 Å². The highest BCUT2D eigenvalue weighted by Gasteiger charge is 2.34. The first-order chi connectivity index (χ1) is 12.7. The maximum Gasteiger partial charge on any atom is 0.123 e. The van der Waals surface area contributed by atoms with Crippen molar-refractivity contribution in [2.24, 2.45) is 17.8 Å². The van der Waals surface area contributed by atoms with E-state index in [1.807, 2.05) is 0 Å². The van der Waals surface area contributed by atoms with Gasteiger partial charge in [-0.05, 0) is 97.7 Å². The summed E-state index contributed by atoms with van der Waals surface area (Å²) in [6.07, 6.45) is 8.43. The molecule has 0 saturated heterocycles. The van der Waals surface area contributed by atoms with Crippen LogP contribution in [0.3, 0.4) is 0 Å². The first-order valence-corrected chi connectivity index (χ1v) is 10.0. The highest BCUT2D eigenvalue weighted by Crippen LogP contribution is 2.47. The Morgan fingerprint density at radius 2 is 1.31 bits per heavy atom. The van der Waals surface area contributed by atoms with Crippen LogP contribution in [0.1, 0.15) is 68.1 Å². The molecule has 4 unspecified atom stereocenters. The van der Waals surface area contributed by atoms with Gasteiger partial charge in [0.1, 0.15) is 5.82 Å². The van der Waals surface area contributed by atoms with Crippen LogP contribution in [0, 0.1) is 35.4 Å². The van der Waals surface area contributed by atoms with Crippen LogP contribution in [0.4, 0.5) is 4.39 Å². The van der Waals surface area contributed by atoms with Gasteiger partial charge in [-0.1, -0.05) is 37.3 Å². The summed E-state index contributed by atoms with van der Waals surface area (Å²) in [6.45, 7) is 2.42. The lowest BCUT2D eigenvalue weighted by molar-refractivity contribution is 0.124. The highest BCUT2D eigenvalue weighted by atomic mass is 19.1. The van der Waals surface area contributed by atoms with Crippen LogP contribution in [-0.2, 0) is 0 Å². The van der Waals surface area contributed by atoms with Crippen LogP contribution in [0.5, 0.6) is 0 Å². The molecule has 2 aliphatic rings. The fraction of sp³-hybridized carbons (Fsp3) is 0.440. The summed E-state index contributed by atoms with van der Waals surface area (Å²) in [5, 5.41) is 0. The molecule has 0 aromatic heterocycles. The second-order valence-electron chi connectivity index (χ2n) is 8.33. The molecule has 2 aromatic rings. The first kappa shape index (κ1) is 17.3. The summed E-state index contributed by atoms with van der Waals surface area (Å²) >= 11 is 0. The van der Waals surface area contributed by atoms with Gasteiger partial charge in [0, 0.05) is 11.1 Å². The predicted octanol–water partition coefficient (Wildman–Crippen LogP) is 6.55. The van der Waals surface area contributed by atoms with Gasteiger partial charge in [-0.3, -0.25) is 0 Å². The molecule has 26 heavy (non-hydrogen) atoms. The minimum atomic E-state index is -0.220. The molecule has 2 fully saturated rings. The maximum atomic E-state index is 12.9. The topological polar surface area (TPSA) is 0 Å². The summed E-state index contributed by atoms with van der Waals surface area (Å²) < 4.78 is 12.9. The number of hydrogen-bond acceptors (Lipinski definition) is 0. The first-order valence-electron chi connectivity index (χ1n) is 10.0. The standard InChI is InChI=1S/C25H27F/c1-18-2-9-24-17-23(13-12-22(24)16-18)21-10-5-19(6-11-21)3-4-20-7-14-25(26)15-8-20/h5-8,10-11,14-15,18,22-24H,2,9,12-13,16-17H2,1H3. The molecule has 2 saturated carbocycles. The van der Waals surface area contributed by atoms with E-state index in [4.69, 9.17) is 0 Å². The summed E-state index contributed by atoms with van der Waals surface area (Å²) in [7, 11) is 0. The molecule has 4 atom stereocenters. The molecule has 0 bridgehead atoms. The van der Waals surface area contributed by atoms with Crippen molar-refractivity contribution in [3.63, 3.8) is 0 Å². The van der Waals surface area contributed by atoms with Crippen molar-refractivity contribution in [1.82, 2.24) is 0 Å². The van der Waals surface area contributed by atoms with Crippen LogP contribution in [0.15, 0.2) is 48.5 Å². The van der Waals surface area contributed by atoms with Gasteiger partial charge in [0.05, 0.1) is 0 Å². The molecule has 2 aromatic carbocycles. The van der Waals surface area contributed by atoms with E-state index in [2.05, 4.69) is 43.0 Å². The lowest BCUT2D eigenvalue weighted by Gasteiger charge is -2.41. The van der Waals surface area contributed by atoms with Crippen molar-refractivity contribution >= 4 is 0 Å². The summed E-state index contributed by atoms with van der Waals surface area (Å²) in [6, 6.07) is 15.2. The normalized spacial score (nSPS) is 27.9. The van der Waals surface area contributed by atoms with Crippen LogP contribution < -0.4 is 0 Å². The van der Waals surface area contributed by atoms with E-state index in [1.54, 1.807) is 12.1 Å². The number of fused-ring (bicyclic) bond motifs is 1. The smallest absolute Gasteiger partial charge is 0.123 e. The Morgan fingerprint density at radius 1 is 0.731 bits per heavy atom. The van der Waals surface area contributed by atoms with Crippen molar-refractivity contribution in [2.75, 3.05) is 0 Å². The van der Waals surface area contributed by atoms with E-state index < -0.39 is 0 Å². The van der Waals surface area contributed by atoms with E-state index >= 15 is 0 Å². The molecule has 0 radical (unpaired) electrons. The number of rotatable bonds is 1. The third-order valence-corrected chi connectivity index (χ3v) is 6.45. The van der Waals surface area contributed by atoms with Gasteiger partial charge in [0.15, 0.2) is 0 Å². The van der Waals surface area contributed by atoms with E-state index in [9.17, 15) is 4.39 Å². The average molecular weight is 346 g/mol. The molecule has 0 nitrogen and oxygen atoms in total. The van der Waals surface area contributed by atoms with Crippen LogP contribution in [-0.4, -0.2) is 0 Å². The zero-order chi connectivity index (χ0) is 17.9. The van der Waals surface area contributed by atoms with Crippen molar-refractivity contribution in [1.29, 1.82) is 0 Å². The van der Waals surface area contributed by atoms with E-state index in [0.29, 0.717) is 0 Å². The SMILES string of the molecule is CC1CCC2CC(c3ccc(C#Cc4ccc(F)cc4)cc3)CCC2C1. The Hall–Kier alpha value is -2.07. The van der Waals surface area contributed by atoms with Crippen molar-refractivity contribution < 1.29 is 4.39 Å². The molecule has 0 heterocycles. The summed E-state index contributed by atoms with van der Waals surface area (Å²) in [4.78, 5) is 0. The number of halogens is 1. The van der Waals surface area contributed by atoms with Gasteiger partial charge in [-0.2, -0.15) is 0 Å². The second-order valence-corrected chi connectivity index (χ2v) is 8.33. The fourth-order valence-electron chi connectivity index (χ4n) is 4.94. The molecule has 0 aliphatic heterocycles. The molecule has 0 N–H and O–H groups in total. The maximum absolute atomic E-state index is 12.9. The molecule has 2 aliphatic carbocycles. The molecule has 0 amide bonds. The lowest BCUT2D eigenvalue weighted by atomic mass is 9.64. The molecule has 134 valence electrons. The summed E-state index contributed by atoms with van der Waals surface area (Å²) in [5.74, 6) is 9.67. The zero-order valence-electron chi connectivity index (χ0n) is 15.5. The van der Waals surface area contributed by atoms with Gasteiger partial charge in [-0.15, -0.1) is 0 Å². The van der Waals surface area contributed by atoms with Crippen molar-refractivity contribution in [2.45, 2.75) is 51.4 Å². The third kappa shape index (κ3) is 4.01. The fourth-order valence-corrected chi connectivity index (χ4v) is 4.94. The minimum Gasteiger partial charge on any atom is -0.207 e. The van der Waals surface area contributed by atoms with Gasteiger partial charge in [0.2, 0.25) is 0 Å². The molecule has 0 spiro atoms. The van der Waals surface area contributed by atoms with E-state index in [-0.39, 0.29) is 5.82 Å². The van der Waals surface area contributed by atoms with Gasteiger partial charge in [-0.25, -0.2) is 4.39 Å². The van der Waals surface area contributed by atoms with Crippen LogP contribution in [0.2, 0.25) is 0 Å². The largest absolute Gasteiger partial charge is 0.207 e. The predicted molar refractivity (Wildman–Crippen MR) is 105 cm³/mol. The quantitative estimate of drug-likeness (QED) is 0.514. The second kappa shape index (κ2) is 7.67. The monoisotopic (exact) mass is 346 g/mol. The van der Waals surface area contributed by atoms with Gasteiger partial charge >= 0.3 is 0 Å². The number of benzene rings is 2. The number of hydrogen-bond donors (Lipinski definition) is 0. The Balaban J connectivity index is 1.41.